The fourth-order valence-electron chi connectivity index (χ4n) is 3.49. The normalized spacial score (nSPS) is 11.0. The van der Waals surface area contributed by atoms with Gasteiger partial charge in [0.1, 0.15) is 5.82 Å². The Morgan fingerprint density at radius 1 is 0.838 bits per heavy atom. The van der Waals surface area contributed by atoms with Gasteiger partial charge in [0.05, 0.1) is 0 Å². The third-order valence-electron chi connectivity index (χ3n) is 5.57. The molecule has 3 aromatic carbocycles. The van der Waals surface area contributed by atoms with Crippen LogP contribution in [0, 0.1) is 17.7 Å². The Balaban J connectivity index is 1.58. The molecular weight excluding hydrogens is 475 g/mol. The van der Waals surface area contributed by atoms with Crippen LogP contribution >= 0.6 is 0 Å². The minimum Gasteiger partial charge on any atom is -0.357 e. The largest absolute Gasteiger partial charge is 0.357 e. The van der Waals surface area contributed by atoms with Gasteiger partial charge in [0, 0.05) is 43.9 Å². The van der Waals surface area contributed by atoms with Gasteiger partial charge in [-0.3, -0.25) is 19.6 Å². The molecule has 0 saturated carbocycles. The number of hydroxylamine groups is 1. The Labute approximate surface area is 214 Å². The van der Waals surface area contributed by atoms with E-state index in [1.54, 1.807) is 36.4 Å². The molecule has 190 valence electrons. The maximum absolute atomic E-state index is 13.0. The zero-order valence-corrected chi connectivity index (χ0v) is 20.4. The van der Waals surface area contributed by atoms with Crippen molar-refractivity contribution in [2.45, 2.75) is 19.1 Å². The maximum atomic E-state index is 13.0. The van der Waals surface area contributed by atoms with Crippen LogP contribution in [0.3, 0.4) is 0 Å². The Bertz CT molecular complexity index is 1280. The quantitative estimate of drug-likeness (QED) is 0.163. The van der Waals surface area contributed by atoms with Gasteiger partial charge in [-0.1, -0.05) is 36.1 Å². The van der Waals surface area contributed by atoms with Crippen LogP contribution in [0.2, 0.25) is 0 Å². The average molecular weight is 503 g/mol. The van der Waals surface area contributed by atoms with Crippen molar-refractivity contribution >= 4 is 17.7 Å². The number of carbonyl (C=O) groups is 3. The number of hydrogen-bond acceptors (Lipinski definition) is 5. The lowest BCUT2D eigenvalue weighted by molar-refractivity contribution is -0.140. The molecular formula is C28H27FN4O4. The maximum Gasteiger partial charge on any atom is 0.275 e. The van der Waals surface area contributed by atoms with Crippen LogP contribution in [0.25, 0.3) is 0 Å². The second-order valence-electron chi connectivity index (χ2n) is 8.16. The first-order chi connectivity index (χ1) is 17.8. The number of hydrogen-bond donors (Lipinski definition) is 4. The Morgan fingerprint density at radius 2 is 1.32 bits per heavy atom. The van der Waals surface area contributed by atoms with Crippen molar-refractivity contribution in [3.05, 3.63) is 106 Å². The summed E-state index contributed by atoms with van der Waals surface area (Å²) in [6.45, 7) is 1.30. The fraction of sp³-hybridized carbons (Fsp3) is 0.179. The van der Waals surface area contributed by atoms with E-state index in [1.165, 1.54) is 31.7 Å². The standard InChI is InChI=1S/C28H27FN4O4/c1-30-26(34)25(27(35)32-37)33(2)28(36)23-13-9-20(10-14-23)4-3-19-5-7-21(8-6-19)17-31-18-22-11-15-24(29)16-12-22/h5-16,25,31,37H,17-18H2,1-2H3,(H,30,34)(H,32,35). The molecule has 0 radical (unpaired) electrons. The summed E-state index contributed by atoms with van der Waals surface area (Å²) in [5.74, 6) is 3.54. The minimum absolute atomic E-state index is 0.252. The van der Waals surface area contributed by atoms with Crippen LogP contribution in [-0.4, -0.2) is 48.0 Å². The molecule has 3 aromatic rings. The molecule has 0 fully saturated rings. The third kappa shape index (κ3) is 7.48. The number of amides is 3. The van der Waals surface area contributed by atoms with Crippen molar-refractivity contribution in [3.8, 4) is 11.8 Å². The van der Waals surface area contributed by atoms with Crippen molar-refractivity contribution in [1.82, 2.24) is 21.0 Å². The zero-order valence-electron chi connectivity index (χ0n) is 20.4. The van der Waals surface area contributed by atoms with Crippen molar-refractivity contribution in [1.29, 1.82) is 0 Å². The van der Waals surface area contributed by atoms with E-state index in [-0.39, 0.29) is 11.4 Å². The van der Waals surface area contributed by atoms with E-state index >= 15 is 0 Å². The predicted octanol–water partition coefficient (Wildman–Crippen LogP) is 2.21. The van der Waals surface area contributed by atoms with E-state index in [0.717, 1.165) is 21.6 Å². The number of benzene rings is 3. The molecule has 3 rings (SSSR count). The molecule has 0 aromatic heterocycles. The van der Waals surface area contributed by atoms with E-state index < -0.39 is 23.8 Å². The molecule has 0 aliphatic carbocycles. The van der Waals surface area contributed by atoms with E-state index in [1.807, 2.05) is 24.3 Å². The first-order valence-electron chi connectivity index (χ1n) is 11.4. The van der Waals surface area contributed by atoms with Gasteiger partial charge in [0.15, 0.2) is 6.04 Å². The zero-order chi connectivity index (χ0) is 26.8. The second-order valence-corrected chi connectivity index (χ2v) is 8.16. The van der Waals surface area contributed by atoms with Crippen LogP contribution in [-0.2, 0) is 22.7 Å². The fourth-order valence-corrected chi connectivity index (χ4v) is 3.49. The summed E-state index contributed by atoms with van der Waals surface area (Å²) in [7, 11) is 2.62. The van der Waals surface area contributed by atoms with Crippen LogP contribution < -0.4 is 16.1 Å². The van der Waals surface area contributed by atoms with Crippen LogP contribution in [0.1, 0.15) is 32.6 Å². The van der Waals surface area contributed by atoms with Crippen molar-refractivity contribution < 1.29 is 24.0 Å². The molecule has 4 N–H and O–H groups in total. The molecule has 0 aliphatic heterocycles. The number of rotatable bonds is 8. The Morgan fingerprint density at radius 3 is 1.81 bits per heavy atom. The molecule has 1 atom stereocenters. The molecule has 0 heterocycles. The van der Waals surface area contributed by atoms with E-state index in [2.05, 4.69) is 22.5 Å². The van der Waals surface area contributed by atoms with Gasteiger partial charge in [0.25, 0.3) is 17.7 Å². The summed E-state index contributed by atoms with van der Waals surface area (Å²) in [5, 5.41) is 14.5. The topological polar surface area (TPSA) is 111 Å². The number of carbonyl (C=O) groups excluding carboxylic acids is 3. The summed E-state index contributed by atoms with van der Waals surface area (Å²) >= 11 is 0. The Kier molecular flexibility index (Phi) is 9.49. The minimum atomic E-state index is -1.52. The van der Waals surface area contributed by atoms with Gasteiger partial charge in [-0.2, -0.15) is 0 Å². The van der Waals surface area contributed by atoms with Gasteiger partial charge in [-0.15, -0.1) is 0 Å². The molecule has 0 saturated heterocycles. The number of nitrogens with one attached hydrogen (secondary N) is 3. The molecule has 0 bridgehead atoms. The summed E-state index contributed by atoms with van der Waals surface area (Å²) in [5.41, 5.74) is 5.26. The van der Waals surface area contributed by atoms with Crippen molar-refractivity contribution in [2.24, 2.45) is 0 Å². The molecule has 37 heavy (non-hydrogen) atoms. The highest BCUT2D eigenvalue weighted by molar-refractivity contribution is 6.08. The van der Waals surface area contributed by atoms with Crippen LogP contribution in [0.5, 0.6) is 0 Å². The second kappa shape index (κ2) is 13.0. The summed E-state index contributed by atoms with van der Waals surface area (Å²) < 4.78 is 13.0. The molecule has 3 amide bonds. The van der Waals surface area contributed by atoms with Crippen molar-refractivity contribution in [2.75, 3.05) is 14.1 Å². The lowest BCUT2D eigenvalue weighted by atomic mass is 10.1. The molecule has 0 aliphatic rings. The van der Waals surface area contributed by atoms with Gasteiger partial charge in [-0.05, 0) is 59.7 Å². The van der Waals surface area contributed by atoms with E-state index in [9.17, 15) is 18.8 Å². The third-order valence-corrected chi connectivity index (χ3v) is 5.57. The highest BCUT2D eigenvalue weighted by Crippen LogP contribution is 2.10. The van der Waals surface area contributed by atoms with Gasteiger partial charge >= 0.3 is 0 Å². The number of likely N-dealkylation sites (N-methyl/N-ethyl adjacent to an activating group) is 2. The lowest BCUT2D eigenvalue weighted by Crippen LogP contribution is -2.54. The molecule has 9 heteroatoms. The van der Waals surface area contributed by atoms with Gasteiger partial charge in [-0.25, -0.2) is 9.87 Å². The monoisotopic (exact) mass is 502 g/mol. The highest BCUT2D eigenvalue weighted by Gasteiger charge is 2.33. The number of nitrogens with zero attached hydrogens (tertiary/aromatic N) is 1. The SMILES string of the molecule is CNC(=O)C(C(=O)NO)N(C)C(=O)c1ccc(C#Cc2ccc(CNCc3ccc(F)cc3)cc2)cc1. The molecule has 0 spiro atoms. The summed E-state index contributed by atoms with van der Waals surface area (Å²) in [6.07, 6.45) is 0. The summed E-state index contributed by atoms with van der Waals surface area (Å²) in [6, 6.07) is 19.1. The average Bonchev–Trinajstić information content (AvgIpc) is 2.93. The number of halogens is 1. The first-order valence-corrected chi connectivity index (χ1v) is 11.4. The van der Waals surface area contributed by atoms with Gasteiger partial charge < -0.3 is 15.5 Å². The van der Waals surface area contributed by atoms with Gasteiger partial charge in [0.2, 0.25) is 0 Å². The predicted molar refractivity (Wildman–Crippen MR) is 136 cm³/mol. The van der Waals surface area contributed by atoms with Crippen LogP contribution in [0.4, 0.5) is 4.39 Å². The van der Waals surface area contributed by atoms with Crippen molar-refractivity contribution in [3.63, 3.8) is 0 Å². The highest BCUT2D eigenvalue weighted by atomic mass is 19.1. The summed E-state index contributed by atoms with van der Waals surface area (Å²) in [4.78, 5) is 37.5. The molecule has 1 unspecified atom stereocenters. The van der Waals surface area contributed by atoms with E-state index in [4.69, 9.17) is 5.21 Å². The molecule has 8 nitrogen and oxygen atoms in total. The smallest absolute Gasteiger partial charge is 0.275 e. The Hall–Kier alpha value is -4.52. The lowest BCUT2D eigenvalue weighted by Gasteiger charge is -2.25. The first kappa shape index (κ1) is 27.1. The van der Waals surface area contributed by atoms with E-state index in [0.29, 0.717) is 18.7 Å². The van der Waals surface area contributed by atoms with Crippen LogP contribution in [0.15, 0.2) is 72.8 Å².